The summed E-state index contributed by atoms with van der Waals surface area (Å²) in [6.07, 6.45) is 6.37. The van der Waals surface area contributed by atoms with Gasteiger partial charge in [0.05, 0.1) is 6.26 Å². The summed E-state index contributed by atoms with van der Waals surface area (Å²) in [6.45, 7) is 1.12. The van der Waals surface area contributed by atoms with Crippen LogP contribution >= 0.6 is 11.3 Å². The molecule has 1 atom stereocenters. The predicted octanol–water partition coefficient (Wildman–Crippen LogP) is 2.12. The van der Waals surface area contributed by atoms with E-state index in [0.29, 0.717) is 25.0 Å². The largest absolute Gasteiger partial charge is 0.308 e. The Morgan fingerprint density at radius 1 is 1.37 bits per heavy atom. The van der Waals surface area contributed by atoms with Crippen LogP contribution in [0, 0.1) is 5.92 Å². The Labute approximate surface area is 119 Å². The highest BCUT2D eigenvalue weighted by molar-refractivity contribution is 7.88. The second-order valence-electron chi connectivity index (χ2n) is 5.16. The van der Waals surface area contributed by atoms with E-state index in [4.69, 9.17) is 0 Å². The number of hydrogen-bond donors (Lipinski definition) is 2. The van der Waals surface area contributed by atoms with Crippen molar-refractivity contribution in [1.82, 2.24) is 10.0 Å². The van der Waals surface area contributed by atoms with Crippen molar-refractivity contribution in [3.63, 3.8) is 0 Å². The molecule has 1 aromatic heterocycles. The summed E-state index contributed by atoms with van der Waals surface area (Å²) >= 11 is 1.78. The minimum Gasteiger partial charge on any atom is -0.308 e. The maximum atomic E-state index is 11.0. The molecular weight excluding hydrogens is 280 g/mol. The summed E-state index contributed by atoms with van der Waals surface area (Å²) < 4.78 is 24.6. The lowest BCUT2D eigenvalue weighted by Crippen LogP contribution is -2.35. The van der Waals surface area contributed by atoms with E-state index in [9.17, 15) is 8.42 Å². The van der Waals surface area contributed by atoms with Crippen molar-refractivity contribution >= 4 is 21.4 Å². The fraction of sp³-hybridized carbons (Fsp3) is 0.692. The highest BCUT2D eigenvalue weighted by atomic mass is 32.2. The summed E-state index contributed by atoms with van der Waals surface area (Å²) in [4.78, 5) is 1.37. The summed E-state index contributed by atoms with van der Waals surface area (Å²) in [6, 6.07) is 4.63. The lowest BCUT2D eigenvalue weighted by molar-refractivity contribution is 0.374. The summed E-state index contributed by atoms with van der Waals surface area (Å²) in [5, 5.41) is 5.63. The van der Waals surface area contributed by atoms with Crippen molar-refractivity contribution in [3.8, 4) is 0 Å². The minimum atomic E-state index is -3.08. The van der Waals surface area contributed by atoms with Crippen LogP contribution in [0.2, 0.25) is 0 Å². The highest BCUT2D eigenvalue weighted by Gasteiger charge is 2.26. The number of sulfonamides is 1. The fourth-order valence-electron chi connectivity index (χ4n) is 2.72. The van der Waals surface area contributed by atoms with E-state index in [1.165, 1.54) is 36.8 Å². The Morgan fingerprint density at radius 2 is 2.11 bits per heavy atom. The minimum absolute atomic E-state index is 0.379. The van der Waals surface area contributed by atoms with E-state index in [-0.39, 0.29) is 0 Å². The van der Waals surface area contributed by atoms with Gasteiger partial charge in [-0.2, -0.15) is 0 Å². The van der Waals surface area contributed by atoms with Gasteiger partial charge in [0.1, 0.15) is 0 Å². The van der Waals surface area contributed by atoms with E-state index in [1.54, 1.807) is 11.3 Å². The molecule has 0 saturated heterocycles. The van der Waals surface area contributed by atoms with E-state index in [2.05, 4.69) is 27.6 Å². The first-order chi connectivity index (χ1) is 9.06. The number of thiophene rings is 1. The highest BCUT2D eigenvalue weighted by Crippen LogP contribution is 2.37. The first kappa shape index (κ1) is 15.0. The second-order valence-corrected chi connectivity index (χ2v) is 7.97. The molecule has 1 aromatic rings. The van der Waals surface area contributed by atoms with Gasteiger partial charge in [-0.15, -0.1) is 11.3 Å². The summed E-state index contributed by atoms with van der Waals surface area (Å²) in [5.74, 6) is 0.692. The van der Waals surface area contributed by atoms with Crippen molar-refractivity contribution in [2.75, 3.05) is 19.3 Å². The Hall–Kier alpha value is -0.430. The molecule has 1 unspecified atom stereocenters. The third-order valence-electron chi connectivity index (χ3n) is 3.57. The number of hydrogen-bond acceptors (Lipinski definition) is 4. The zero-order valence-electron chi connectivity index (χ0n) is 11.3. The molecule has 108 valence electrons. The molecule has 0 aliphatic heterocycles. The van der Waals surface area contributed by atoms with Crippen LogP contribution in [-0.2, 0) is 10.0 Å². The van der Waals surface area contributed by atoms with E-state index >= 15 is 0 Å². The topological polar surface area (TPSA) is 58.2 Å². The third kappa shape index (κ3) is 4.87. The molecular formula is C13H22N2O2S2. The molecule has 0 radical (unpaired) electrons. The molecule has 1 aliphatic carbocycles. The molecule has 2 N–H and O–H groups in total. The Bertz CT molecular complexity index is 465. The van der Waals surface area contributed by atoms with Gasteiger partial charge in [-0.05, 0) is 30.2 Å². The first-order valence-electron chi connectivity index (χ1n) is 6.78. The molecule has 1 aliphatic rings. The maximum absolute atomic E-state index is 11.0. The molecule has 0 spiro atoms. The van der Waals surface area contributed by atoms with Crippen LogP contribution in [0.5, 0.6) is 0 Å². The van der Waals surface area contributed by atoms with E-state index < -0.39 is 10.0 Å². The van der Waals surface area contributed by atoms with Crippen molar-refractivity contribution in [1.29, 1.82) is 0 Å². The van der Waals surface area contributed by atoms with Crippen LogP contribution in [0.25, 0.3) is 0 Å². The lowest BCUT2D eigenvalue weighted by Gasteiger charge is -2.24. The van der Waals surface area contributed by atoms with Crippen LogP contribution in [0.15, 0.2) is 17.5 Å². The average Bonchev–Trinajstić information content (AvgIpc) is 3.00. The summed E-state index contributed by atoms with van der Waals surface area (Å²) in [5.41, 5.74) is 0. The SMILES string of the molecule is CS(=O)(=O)NCCNC(c1cccs1)C1CCCC1. The smallest absolute Gasteiger partial charge is 0.208 e. The molecule has 19 heavy (non-hydrogen) atoms. The van der Waals surface area contributed by atoms with Crippen molar-refractivity contribution in [3.05, 3.63) is 22.4 Å². The molecule has 1 fully saturated rings. The quantitative estimate of drug-likeness (QED) is 0.759. The van der Waals surface area contributed by atoms with Crippen LogP contribution in [0.3, 0.4) is 0 Å². The molecule has 0 amide bonds. The van der Waals surface area contributed by atoms with Gasteiger partial charge in [-0.3, -0.25) is 0 Å². The van der Waals surface area contributed by atoms with Gasteiger partial charge in [0.15, 0.2) is 0 Å². The van der Waals surface area contributed by atoms with Gasteiger partial charge >= 0.3 is 0 Å². The van der Waals surface area contributed by atoms with Gasteiger partial charge < -0.3 is 5.32 Å². The van der Waals surface area contributed by atoms with Crippen molar-refractivity contribution < 1.29 is 8.42 Å². The van der Waals surface area contributed by atoms with Crippen molar-refractivity contribution in [2.45, 2.75) is 31.7 Å². The fourth-order valence-corrected chi connectivity index (χ4v) is 4.09. The van der Waals surface area contributed by atoms with Gasteiger partial charge in [-0.1, -0.05) is 18.9 Å². The zero-order valence-corrected chi connectivity index (χ0v) is 12.9. The standard InChI is InChI=1S/C13H22N2O2S2/c1-19(16,17)15-9-8-14-13(11-5-2-3-6-11)12-7-4-10-18-12/h4,7,10-11,13-15H,2-3,5-6,8-9H2,1H3. The van der Waals surface area contributed by atoms with Gasteiger partial charge in [0.25, 0.3) is 0 Å². The molecule has 4 nitrogen and oxygen atoms in total. The van der Waals surface area contributed by atoms with Crippen LogP contribution in [0.1, 0.15) is 36.6 Å². The van der Waals surface area contributed by atoms with Crippen LogP contribution in [-0.4, -0.2) is 27.8 Å². The number of nitrogens with one attached hydrogen (secondary N) is 2. The monoisotopic (exact) mass is 302 g/mol. The van der Waals surface area contributed by atoms with Crippen LogP contribution in [0.4, 0.5) is 0 Å². The van der Waals surface area contributed by atoms with Gasteiger partial charge in [0, 0.05) is 24.0 Å². The molecule has 1 heterocycles. The molecule has 2 rings (SSSR count). The molecule has 0 bridgehead atoms. The summed E-state index contributed by atoms with van der Waals surface area (Å²) in [7, 11) is -3.08. The van der Waals surface area contributed by atoms with E-state index in [0.717, 1.165) is 0 Å². The Kier molecular flexibility index (Phi) is 5.38. The van der Waals surface area contributed by atoms with E-state index in [1.807, 2.05) is 0 Å². The van der Waals surface area contributed by atoms with Gasteiger partial charge in [-0.25, -0.2) is 13.1 Å². The average molecular weight is 302 g/mol. The normalized spacial score (nSPS) is 18.8. The Balaban J connectivity index is 1.87. The Morgan fingerprint density at radius 3 is 2.68 bits per heavy atom. The predicted molar refractivity (Wildman–Crippen MR) is 79.9 cm³/mol. The zero-order chi connectivity index (χ0) is 13.7. The number of rotatable bonds is 7. The van der Waals surface area contributed by atoms with Crippen LogP contribution < -0.4 is 10.0 Å². The second kappa shape index (κ2) is 6.83. The lowest BCUT2D eigenvalue weighted by atomic mass is 9.97. The first-order valence-corrected chi connectivity index (χ1v) is 9.55. The molecule has 6 heteroatoms. The maximum Gasteiger partial charge on any atom is 0.208 e. The molecule has 1 saturated carbocycles. The van der Waals surface area contributed by atoms with Crippen molar-refractivity contribution in [2.24, 2.45) is 5.92 Å². The van der Waals surface area contributed by atoms with Gasteiger partial charge in [0.2, 0.25) is 10.0 Å². The molecule has 0 aromatic carbocycles. The third-order valence-corrected chi connectivity index (χ3v) is 5.26.